The Hall–Kier alpha value is -1.91. The average molecular weight is 274 g/mol. The van der Waals surface area contributed by atoms with Crippen LogP contribution in [-0.2, 0) is 4.79 Å². The molecule has 1 saturated heterocycles. The Labute approximate surface area is 117 Å². The Morgan fingerprint density at radius 2 is 2.15 bits per heavy atom. The molecule has 1 N–H and O–H groups in total. The topological polar surface area (TPSA) is 70.5 Å². The van der Waals surface area contributed by atoms with Gasteiger partial charge in [0.15, 0.2) is 0 Å². The lowest BCUT2D eigenvalue weighted by Crippen LogP contribution is -2.43. The van der Waals surface area contributed by atoms with E-state index in [0.717, 1.165) is 24.8 Å². The van der Waals surface area contributed by atoms with E-state index < -0.39 is 12.0 Å². The van der Waals surface area contributed by atoms with Crippen molar-refractivity contribution in [3.05, 3.63) is 29.6 Å². The average Bonchev–Trinajstić information content (AvgIpc) is 2.96. The third-order valence-corrected chi connectivity index (χ3v) is 4.53. The number of aromatic nitrogens is 1. The summed E-state index contributed by atoms with van der Waals surface area (Å²) in [6.45, 7) is 2.44. The summed E-state index contributed by atoms with van der Waals surface area (Å²) in [5.41, 5.74) is 1.39. The molecule has 2 fully saturated rings. The fraction of sp³-hybridized carbons (Fsp3) is 0.533. The van der Waals surface area contributed by atoms with Crippen LogP contribution in [0.2, 0.25) is 0 Å². The van der Waals surface area contributed by atoms with Crippen molar-refractivity contribution >= 4 is 11.9 Å². The summed E-state index contributed by atoms with van der Waals surface area (Å²) in [5, 5.41) is 9.47. The van der Waals surface area contributed by atoms with Gasteiger partial charge in [-0.05, 0) is 43.2 Å². The van der Waals surface area contributed by atoms with Crippen LogP contribution < -0.4 is 0 Å². The zero-order valence-corrected chi connectivity index (χ0v) is 11.5. The molecule has 0 spiro atoms. The van der Waals surface area contributed by atoms with Crippen LogP contribution in [0, 0.1) is 18.8 Å². The standard InChI is InChI=1S/C15H18N2O3/c1-9-5-11(7-16-6-9)14(18)17-8-10-3-2-4-12(10)13(17)15(19)20/h5-7,10,12-13H,2-4,8H2,1H3,(H,19,20). The van der Waals surface area contributed by atoms with Gasteiger partial charge in [0.1, 0.15) is 6.04 Å². The molecule has 20 heavy (non-hydrogen) atoms. The van der Waals surface area contributed by atoms with Crippen molar-refractivity contribution in [2.45, 2.75) is 32.2 Å². The summed E-state index contributed by atoms with van der Waals surface area (Å²) in [6.07, 6.45) is 6.22. The first-order valence-corrected chi connectivity index (χ1v) is 7.03. The van der Waals surface area contributed by atoms with Crippen LogP contribution in [0.15, 0.2) is 18.5 Å². The summed E-state index contributed by atoms with van der Waals surface area (Å²) in [6, 6.07) is 1.10. The minimum absolute atomic E-state index is 0.120. The minimum atomic E-state index is -0.881. The fourth-order valence-electron chi connectivity index (χ4n) is 3.67. The second-order valence-corrected chi connectivity index (χ2v) is 5.85. The number of amides is 1. The SMILES string of the molecule is Cc1cncc(C(=O)N2CC3CCCC3C2C(=O)O)c1. The molecule has 3 unspecified atom stereocenters. The van der Waals surface area contributed by atoms with Gasteiger partial charge in [0.2, 0.25) is 0 Å². The van der Waals surface area contributed by atoms with Gasteiger partial charge >= 0.3 is 5.97 Å². The molecule has 1 saturated carbocycles. The lowest BCUT2D eigenvalue weighted by Gasteiger charge is -2.24. The quantitative estimate of drug-likeness (QED) is 0.891. The molecule has 1 aromatic heterocycles. The molecular weight excluding hydrogens is 256 g/mol. The second-order valence-electron chi connectivity index (χ2n) is 5.85. The number of carbonyl (C=O) groups is 2. The van der Waals surface area contributed by atoms with Crippen LogP contribution in [0.1, 0.15) is 35.2 Å². The van der Waals surface area contributed by atoms with Gasteiger partial charge in [-0.3, -0.25) is 9.78 Å². The van der Waals surface area contributed by atoms with Gasteiger partial charge in [0.25, 0.3) is 5.91 Å². The predicted octanol–water partition coefficient (Wildman–Crippen LogP) is 1.72. The van der Waals surface area contributed by atoms with Crippen molar-refractivity contribution in [2.75, 3.05) is 6.54 Å². The molecule has 1 aromatic rings. The number of carboxylic acids is 1. The van der Waals surface area contributed by atoms with Crippen LogP contribution in [-0.4, -0.2) is 39.5 Å². The lowest BCUT2D eigenvalue weighted by molar-refractivity contribution is -0.142. The van der Waals surface area contributed by atoms with Gasteiger partial charge in [-0.2, -0.15) is 0 Å². The van der Waals surface area contributed by atoms with Crippen molar-refractivity contribution in [3.8, 4) is 0 Å². The highest BCUT2D eigenvalue weighted by atomic mass is 16.4. The zero-order chi connectivity index (χ0) is 14.3. The first kappa shape index (κ1) is 13.1. The molecule has 0 aromatic carbocycles. The molecule has 1 aliphatic heterocycles. The van der Waals surface area contributed by atoms with Gasteiger partial charge in [0, 0.05) is 18.9 Å². The smallest absolute Gasteiger partial charge is 0.326 e. The van der Waals surface area contributed by atoms with Crippen LogP contribution in [0.5, 0.6) is 0 Å². The number of nitrogens with zero attached hydrogens (tertiary/aromatic N) is 2. The molecule has 3 atom stereocenters. The van der Waals surface area contributed by atoms with E-state index >= 15 is 0 Å². The third kappa shape index (κ3) is 2.07. The van der Waals surface area contributed by atoms with E-state index in [2.05, 4.69) is 4.98 Å². The van der Waals surface area contributed by atoms with Gasteiger partial charge in [-0.15, -0.1) is 0 Å². The monoisotopic (exact) mass is 274 g/mol. The molecule has 2 heterocycles. The maximum atomic E-state index is 12.6. The molecular formula is C15H18N2O3. The summed E-state index contributed by atoms with van der Waals surface area (Å²) in [4.78, 5) is 29.7. The van der Waals surface area contributed by atoms with Crippen LogP contribution in [0.25, 0.3) is 0 Å². The zero-order valence-electron chi connectivity index (χ0n) is 11.5. The second kappa shape index (κ2) is 4.89. The Kier molecular flexibility index (Phi) is 3.20. The maximum absolute atomic E-state index is 12.6. The number of fused-ring (bicyclic) bond motifs is 1. The molecule has 1 aliphatic carbocycles. The fourth-order valence-corrected chi connectivity index (χ4v) is 3.67. The van der Waals surface area contributed by atoms with Crippen LogP contribution in [0.3, 0.4) is 0 Å². The number of aryl methyl sites for hydroxylation is 1. The molecule has 1 amide bonds. The molecule has 5 heteroatoms. The Morgan fingerprint density at radius 1 is 1.35 bits per heavy atom. The van der Waals surface area contributed by atoms with Gasteiger partial charge in [-0.25, -0.2) is 4.79 Å². The molecule has 0 radical (unpaired) electrons. The Balaban J connectivity index is 1.89. The molecule has 3 rings (SSSR count). The summed E-state index contributed by atoms with van der Waals surface area (Å²) >= 11 is 0. The number of pyridine rings is 1. The van der Waals surface area contributed by atoms with Crippen molar-refractivity contribution < 1.29 is 14.7 Å². The van der Waals surface area contributed by atoms with Crippen molar-refractivity contribution in [1.82, 2.24) is 9.88 Å². The van der Waals surface area contributed by atoms with Crippen molar-refractivity contribution in [1.29, 1.82) is 0 Å². The van der Waals surface area contributed by atoms with E-state index in [1.54, 1.807) is 12.3 Å². The largest absolute Gasteiger partial charge is 0.480 e. The third-order valence-electron chi connectivity index (χ3n) is 4.53. The molecule has 5 nitrogen and oxygen atoms in total. The summed E-state index contributed by atoms with van der Waals surface area (Å²) in [5.74, 6) is -0.622. The first-order chi connectivity index (χ1) is 9.58. The Bertz CT molecular complexity index is 558. The minimum Gasteiger partial charge on any atom is -0.480 e. The van der Waals surface area contributed by atoms with Gasteiger partial charge in [-0.1, -0.05) is 6.42 Å². The summed E-state index contributed by atoms with van der Waals surface area (Å²) < 4.78 is 0. The van der Waals surface area contributed by atoms with Gasteiger partial charge < -0.3 is 10.0 Å². The predicted molar refractivity (Wildman–Crippen MR) is 72.3 cm³/mol. The highest BCUT2D eigenvalue weighted by molar-refractivity contribution is 5.97. The maximum Gasteiger partial charge on any atom is 0.326 e. The van der Waals surface area contributed by atoms with Crippen LogP contribution >= 0.6 is 0 Å². The van der Waals surface area contributed by atoms with E-state index in [9.17, 15) is 14.7 Å². The number of carboxylic acid groups (broad SMARTS) is 1. The number of rotatable bonds is 2. The van der Waals surface area contributed by atoms with Crippen molar-refractivity contribution in [3.63, 3.8) is 0 Å². The van der Waals surface area contributed by atoms with E-state index in [0.29, 0.717) is 18.0 Å². The lowest BCUT2D eigenvalue weighted by atomic mass is 9.94. The first-order valence-electron chi connectivity index (χ1n) is 7.03. The molecule has 0 bridgehead atoms. The highest BCUT2D eigenvalue weighted by Crippen LogP contribution is 2.42. The molecule has 2 aliphatic rings. The summed E-state index contributed by atoms with van der Waals surface area (Å²) in [7, 11) is 0. The van der Waals surface area contributed by atoms with E-state index in [1.807, 2.05) is 6.92 Å². The number of hydrogen-bond donors (Lipinski definition) is 1. The number of hydrogen-bond acceptors (Lipinski definition) is 3. The van der Waals surface area contributed by atoms with E-state index in [4.69, 9.17) is 0 Å². The van der Waals surface area contributed by atoms with Gasteiger partial charge in [0.05, 0.1) is 5.56 Å². The highest BCUT2D eigenvalue weighted by Gasteiger charge is 2.49. The van der Waals surface area contributed by atoms with E-state index in [-0.39, 0.29) is 11.8 Å². The number of likely N-dealkylation sites (tertiary alicyclic amines) is 1. The molecule has 106 valence electrons. The van der Waals surface area contributed by atoms with Crippen molar-refractivity contribution in [2.24, 2.45) is 11.8 Å². The number of aliphatic carboxylic acids is 1. The normalized spacial score (nSPS) is 28.4. The van der Waals surface area contributed by atoms with Crippen LogP contribution in [0.4, 0.5) is 0 Å². The Morgan fingerprint density at radius 3 is 2.85 bits per heavy atom. The van der Waals surface area contributed by atoms with E-state index in [1.165, 1.54) is 11.1 Å². The number of carbonyl (C=O) groups excluding carboxylic acids is 1.